The number of anilines is 1. The monoisotopic (exact) mass is 472 g/mol. The van der Waals surface area contributed by atoms with Gasteiger partial charge in [-0.2, -0.15) is 9.78 Å². The molecule has 5 rings (SSSR count). The second kappa shape index (κ2) is 8.35. The molecule has 0 bridgehead atoms. The minimum Gasteiger partial charge on any atom is -0.495 e. The van der Waals surface area contributed by atoms with Crippen LogP contribution in [0.5, 0.6) is 5.75 Å². The van der Waals surface area contributed by atoms with E-state index < -0.39 is 0 Å². The van der Waals surface area contributed by atoms with Crippen molar-refractivity contribution in [1.29, 1.82) is 0 Å². The van der Waals surface area contributed by atoms with Gasteiger partial charge in [0.1, 0.15) is 11.3 Å². The number of hydrogen-bond acceptors (Lipinski definition) is 4. The molecule has 0 unspecified atom stereocenters. The van der Waals surface area contributed by atoms with Gasteiger partial charge in [0, 0.05) is 36.1 Å². The molecule has 2 aromatic heterocycles. The molecule has 5 aromatic rings. The number of rotatable bonds is 4. The van der Waals surface area contributed by atoms with E-state index in [2.05, 4.69) is 5.10 Å². The quantitative estimate of drug-likeness (QED) is 0.376. The van der Waals surface area contributed by atoms with Crippen LogP contribution in [0.2, 0.25) is 5.02 Å². The average molecular weight is 473 g/mol. The zero-order chi connectivity index (χ0) is 24.0. The van der Waals surface area contributed by atoms with Crippen LogP contribution in [0, 0.1) is 0 Å². The summed E-state index contributed by atoms with van der Waals surface area (Å²) in [5.74, 6) is 0.144. The first-order valence-electron chi connectivity index (χ1n) is 10.6. The van der Waals surface area contributed by atoms with Crippen molar-refractivity contribution in [1.82, 2.24) is 14.3 Å². The lowest BCUT2D eigenvalue weighted by Gasteiger charge is -2.18. The Morgan fingerprint density at radius 3 is 2.44 bits per heavy atom. The summed E-state index contributed by atoms with van der Waals surface area (Å²) in [5.41, 5.74) is 2.18. The number of aryl methyl sites for hydroxylation is 1. The van der Waals surface area contributed by atoms with Crippen molar-refractivity contribution < 1.29 is 9.53 Å². The number of aromatic nitrogens is 3. The van der Waals surface area contributed by atoms with Crippen LogP contribution in [-0.2, 0) is 7.05 Å². The van der Waals surface area contributed by atoms with Crippen LogP contribution >= 0.6 is 11.6 Å². The molecule has 34 heavy (non-hydrogen) atoms. The van der Waals surface area contributed by atoms with E-state index in [0.29, 0.717) is 33.0 Å². The fourth-order valence-corrected chi connectivity index (χ4v) is 4.47. The molecule has 1 amide bonds. The van der Waals surface area contributed by atoms with Gasteiger partial charge >= 0.3 is 0 Å². The van der Waals surface area contributed by atoms with Gasteiger partial charge in [0.15, 0.2) is 5.69 Å². The highest BCUT2D eigenvalue weighted by Crippen LogP contribution is 2.31. The number of hydrogen-bond donors (Lipinski definition) is 0. The summed E-state index contributed by atoms with van der Waals surface area (Å²) in [6.45, 7) is 0. The first-order chi connectivity index (χ1) is 16.4. The van der Waals surface area contributed by atoms with Gasteiger partial charge in [-0.25, -0.2) is 0 Å². The van der Waals surface area contributed by atoms with Gasteiger partial charge in [0.25, 0.3) is 11.5 Å². The number of carbonyl (C=O) groups excluding carboxylic acids is 1. The summed E-state index contributed by atoms with van der Waals surface area (Å²) in [6.07, 6.45) is 0. The molecule has 3 aromatic carbocycles. The summed E-state index contributed by atoms with van der Waals surface area (Å²) in [4.78, 5) is 29.0. The van der Waals surface area contributed by atoms with E-state index in [-0.39, 0.29) is 17.2 Å². The van der Waals surface area contributed by atoms with Gasteiger partial charge < -0.3 is 14.2 Å². The Bertz CT molecular complexity index is 1620. The molecule has 0 saturated carbocycles. The first-order valence-corrected chi connectivity index (χ1v) is 11.0. The maximum absolute atomic E-state index is 13.8. The van der Waals surface area contributed by atoms with E-state index in [1.807, 2.05) is 61.6 Å². The number of ether oxygens (including phenoxy) is 1. The molecule has 0 N–H and O–H groups in total. The number of para-hydroxylation sites is 2. The highest BCUT2D eigenvalue weighted by molar-refractivity contribution is 6.32. The Morgan fingerprint density at radius 2 is 1.74 bits per heavy atom. The molecule has 0 atom stereocenters. The van der Waals surface area contributed by atoms with Crippen LogP contribution in [0.4, 0.5) is 5.69 Å². The van der Waals surface area contributed by atoms with Gasteiger partial charge in [0.2, 0.25) is 0 Å². The lowest BCUT2D eigenvalue weighted by Crippen LogP contribution is -2.31. The van der Waals surface area contributed by atoms with Gasteiger partial charge in [-0.1, -0.05) is 48.0 Å². The summed E-state index contributed by atoms with van der Waals surface area (Å²) >= 11 is 6.33. The number of fused-ring (bicyclic) bond motifs is 3. The van der Waals surface area contributed by atoms with E-state index >= 15 is 0 Å². The Hall–Kier alpha value is -4.10. The number of nitrogens with zero attached hydrogens (tertiary/aromatic N) is 4. The molecule has 0 saturated heterocycles. The minimum atomic E-state index is -0.353. The fraction of sp³-hybridized carbons (Fsp3) is 0.115. The zero-order valence-corrected chi connectivity index (χ0v) is 19.6. The molecule has 7 nitrogen and oxygen atoms in total. The zero-order valence-electron chi connectivity index (χ0n) is 18.8. The van der Waals surface area contributed by atoms with E-state index in [0.717, 1.165) is 10.9 Å². The fourth-order valence-electron chi connectivity index (χ4n) is 4.22. The van der Waals surface area contributed by atoms with Crippen molar-refractivity contribution in [2.45, 2.75) is 0 Å². The van der Waals surface area contributed by atoms with Gasteiger partial charge in [0.05, 0.1) is 17.8 Å². The van der Waals surface area contributed by atoms with E-state index in [4.69, 9.17) is 16.3 Å². The third kappa shape index (κ3) is 3.33. The molecule has 2 heterocycles. The minimum absolute atomic E-state index is 0.171. The van der Waals surface area contributed by atoms with Crippen LogP contribution in [-0.4, -0.2) is 34.4 Å². The lowest BCUT2D eigenvalue weighted by molar-refractivity contribution is 0.0988. The maximum atomic E-state index is 13.8. The van der Waals surface area contributed by atoms with Crippen LogP contribution in [0.15, 0.2) is 77.6 Å². The third-order valence-corrected chi connectivity index (χ3v) is 6.26. The van der Waals surface area contributed by atoms with Crippen molar-refractivity contribution in [2.24, 2.45) is 7.05 Å². The van der Waals surface area contributed by atoms with Crippen molar-refractivity contribution in [3.8, 4) is 11.4 Å². The predicted molar refractivity (Wildman–Crippen MR) is 135 cm³/mol. The van der Waals surface area contributed by atoms with Crippen LogP contribution in [0.3, 0.4) is 0 Å². The van der Waals surface area contributed by atoms with Gasteiger partial charge in [-0.15, -0.1) is 0 Å². The van der Waals surface area contributed by atoms with Crippen LogP contribution in [0.1, 0.15) is 10.5 Å². The molecule has 0 fully saturated rings. The molecular formula is C26H21ClN4O3. The summed E-state index contributed by atoms with van der Waals surface area (Å²) in [6, 6.07) is 21.8. The Balaban J connectivity index is 1.84. The Morgan fingerprint density at radius 1 is 1.03 bits per heavy atom. The van der Waals surface area contributed by atoms with Crippen molar-refractivity contribution >= 4 is 45.0 Å². The predicted octanol–water partition coefficient (Wildman–Crippen LogP) is 4.82. The van der Waals surface area contributed by atoms with Crippen LogP contribution < -0.4 is 15.2 Å². The standard InChI is InChI=1S/C26H21ClN4O3/c1-29(16-9-5-4-6-10-16)25(32)23-22-18-11-7-8-12-20(18)30(2)24(22)26(33)31(28-23)17-13-14-21(34-3)19(27)15-17/h4-15H,1-3H3. The lowest BCUT2D eigenvalue weighted by atomic mass is 10.1. The summed E-state index contributed by atoms with van der Waals surface area (Å²) in [5, 5.41) is 6.22. The maximum Gasteiger partial charge on any atom is 0.296 e. The van der Waals surface area contributed by atoms with Crippen LogP contribution in [0.25, 0.3) is 27.5 Å². The molecule has 0 aliphatic heterocycles. The Labute approximate surface area is 200 Å². The molecule has 170 valence electrons. The van der Waals surface area contributed by atoms with Gasteiger partial charge in [-0.05, 0) is 36.4 Å². The first kappa shape index (κ1) is 21.7. The number of carbonyl (C=O) groups is 1. The average Bonchev–Trinajstić information content (AvgIpc) is 3.17. The molecule has 0 radical (unpaired) electrons. The van der Waals surface area contributed by atoms with E-state index in [9.17, 15) is 9.59 Å². The molecule has 0 spiro atoms. The molecular weight excluding hydrogens is 452 g/mol. The smallest absolute Gasteiger partial charge is 0.296 e. The third-order valence-electron chi connectivity index (χ3n) is 5.97. The SMILES string of the molecule is COc1ccc(-n2nc(C(=O)N(C)c3ccccc3)c3c4ccccc4n(C)c3c2=O)cc1Cl. The van der Waals surface area contributed by atoms with E-state index in [1.165, 1.54) is 16.7 Å². The topological polar surface area (TPSA) is 69.4 Å². The number of methoxy groups -OCH3 is 1. The van der Waals surface area contributed by atoms with Gasteiger partial charge in [-0.3, -0.25) is 9.59 Å². The Kier molecular flexibility index (Phi) is 5.34. The van der Waals surface area contributed by atoms with Crippen molar-refractivity contribution in [2.75, 3.05) is 19.1 Å². The number of amides is 1. The summed E-state index contributed by atoms with van der Waals surface area (Å²) < 4.78 is 8.26. The normalized spacial score (nSPS) is 11.2. The highest BCUT2D eigenvalue weighted by atomic mass is 35.5. The molecule has 0 aliphatic carbocycles. The van der Waals surface area contributed by atoms with E-state index in [1.54, 1.807) is 29.8 Å². The molecule has 0 aliphatic rings. The second-order valence-electron chi connectivity index (χ2n) is 7.88. The van der Waals surface area contributed by atoms with Crippen molar-refractivity contribution in [3.63, 3.8) is 0 Å². The number of halogens is 1. The van der Waals surface area contributed by atoms with Crippen molar-refractivity contribution in [3.05, 3.63) is 93.9 Å². The highest BCUT2D eigenvalue weighted by Gasteiger charge is 2.26. The summed E-state index contributed by atoms with van der Waals surface area (Å²) in [7, 11) is 5.02. The molecule has 8 heteroatoms. The number of benzene rings is 3. The largest absolute Gasteiger partial charge is 0.495 e. The second-order valence-corrected chi connectivity index (χ2v) is 8.29.